The van der Waals surface area contributed by atoms with Crippen molar-refractivity contribution in [1.29, 1.82) is 0 Å². The Hall–Kier alpha value is -2.28. The lowest BCUT2D eigenvalue weighted by molar-refractivity contribution is -0.129. The van der Waals surface area contributed by atoms with Gasteiger partial charge in [0.25, 0.3) is 0 Å². The van der Waals surface area contributed by atoms with Crippen LogP contribution in [0.4, 0.5) is 0 Å². The molecule has 1 fully saturated rings. The summed E-state index contributed by atoms with van der Waals surface area (Å²) < 4.78 is 0. The molecule has 1 aliphatic rings. The summed E-state index contributed by atoms with van der Waals surface area (Å²) in [7, 11) is 2.18. The number of thiazole rings is 1. The Balaban J connectivity index is 1.64. The number of piperazine rings is 1. The fourth-order valence-corrected chi connectivity index (χ4v) is 4.26. The minimum Gasteiger partial charge on any atom is -0.335 e. The van der Waals surface area contributed by atoms with Gasteiger partial charge in [-0.2, -0.15) is 0 Å². The Morgan fingerprint density at radius 3 is 2.62 bits per heavy atom. The molecule has 0 spiro atoms. The monoisotopic (exact) mass is 410 g/mol. The van der Waals surface area contributed by atoms with Crippen LogP contribution in [0.3, 0.4) is 0 Å². The zero-order chi connectivity index (χ0) is 20.6. The summed E-state index contributed by atoms with van der Waals surface area (Å²) in [6, 6.07) is 8.61. The van der Waals surface area contributed by atoms with Gasteiger partial charge in [-0.15, -0.1) is 24.5 Å². The average molecular weight is 411 g/mol. The van der Waals surface area contributed by atoms with Crippen LogP contribution in [0.25, 0.3) is 10.6 Å². The number of hydrogen-bond donors (Lipinski definition) is 0. The molecule has 154 valence electrons. The van der Waals surface area contributed by atoms with Crippen LogP contribution < -0.4 is 0 Å². The molecular formula is C23H30N4OS. The van der Waals surface area contributed by atoms with Gasteiger partial charge in [-0.05, 0) is 18.7 Å². The molecule has 0 atom stereocenters. The Morgan fingerprint density at radius 2 is 1.93 bits per heavy atom. The summed E-state index contributed by atoms with van der Waals surface area (Å²) in [4.78, 5) is 23.8. The van der Waals surface area contributed by atoms with E-state index in [-0.39, 0.29) is 5.91 Å². The number of carbonyl (C=O) groups excluding carboxylic acids is 1. The van der Waals surface area contributed by atoms with E-state index in [2.05, 4.69) is 54.3 Å². The third kappa shape index (κ3) is 6.10. The van der Waals surface area contributed by atoms with Crippen molar-refractivity contribution in [2.75, 3.05) is 46.3 Å². The van der Waals surface area contributed by atoms with Crippen molar-refractivity contribution in [3.05, 3.63) is 66.2 Å². The van der Waals surface area contributed by atoms with Crippen LogP contribution in [0.2, 0.25) is 0 Å². The topological polar surface area (TPSA) is 39.7 Å². The lowest BCUT2D eigenvalue weighted by atomic mass is 10.1. The molecule has 1 aliphatic heterocycles. The van der Waals surface area contributed by atoms with E-state index in [0.717, 1.165) is 49.0 Å². The average Bonchev–Trinajstić information content (AvgIpc) is 3.18. The number of amides is 1. The number of likely N-dealkylation sites (N-methyl/N-ethyl adjacent to an activating group) is 1. The van der Waals surface area contributed by atoms with E-state index in [1.54, 1.807) is 28.4 Å². The molecule has 0 bridgehead atoms. The maximum Gasteiger partial charge on any atom is 0.229 e. The van der Waals surface area contributed by atoms with Gasteiger partial charge in [0.05, 0.1) is 12.1 Å². The fraction of sp³-hybridized carbons (Fsp3) is 0.391. The van der Waals surface area contributed by atoms with Crippen molar-refractivity contribution in [1.82, 2.24) is 19.7 Å². The molecule has 1 aromatic carbocycles. The largest absolute Gasteiger partial charge is 0.335 e. The second-order valence-electron chi connectivity index (χ2n) is 7.48. The minimum absolute atomic E-state index is 0.0467. The molecule has 0 saturated carbocycles. The van der Waals surface area contributed by atoms with E-state index >= 15 is 0 Å². The van der Waals surface area contributed by atoms with E-state index < -0.39 is 0 Å². The predicted octanol–water partition coefficient (Wildman–Crippen LogP) is 3.30. The summed E-state index contributed by atoms with van der Waals surface area (Å²) in [5.74, 6) is 0.0467. The molecule has 1 amide bonds. The lowest BCUT2D eigenvalue weighted by Gasteiger charge is -2.32. The van der Waals surface area contributed by atoms with Crippen molar-refractivity contribution < 1.29 is 4.79 Å². The number of hydrogen-bond acceptors (Lipinski definition) is 5. The molecule has 0 unspecified atom stereocenters. The third-order valence-corrected chi connectivity index (χ3v) is 6.05. The first-order chi connectivity index (χ1) is 14.1. The fourth-order valence-electron chi connectivity index (χ4n) is 3.44. The standard InChI is InChI=1S/C23H30N4OS/c1-4-9-27(10-5-2)22(28)16-21-18-29-23(24-21)20-8-6-7-19(15-20)17-26-13-11-25(3)12-14-26/h4-8,15,18H,1-2,9-14,16-17H2,3H3. The Morgan fingerprint density at radius 1 is 1.21 bits per heavy atom. The molecule has 29 heavy (non-hydrogen) atoms. The van der Waals surface area contributed by atoms with Crippen LogP contribution >= 0.6 is 11.3 Å². The van der Waals surface area contributed by atoms with Gasteiger partial charge in [0.15, 0.2) is 0 Å². The van der Waals surface area contributed by atoms with Crippen LogP contribution in [0.15, 0.2) is 55.0 Å². The van der Waals surface area contributed by atoms with Crippen LogP contribution in [0.1, 0.15) is 11.3 Å². The zero-order valence-corrected chi connectivity index (χ0v) is 18.0. The first-order valence-electron chi connectivity index (χ1n) is 10.0. The quantitative estimate of drug-likeness (QED) is 0.595. The maximum atomic E-state index is 12.5. The second kappa shape index (κ2) is 10.5. The smallest absolute Gasteiger partial charge is 0.229 e. The van der Waals surface area contributed by atoms with Crippen LogP contribution in [0.5, 0.6) is 0 Å². The summed E-state index contributed by atoms with van der Waals surface area (Å²) in [6.07, 6.45) is 3.78. The first-order valence-corrected chi connectivity index (χ1v) is 10.9. The molecule has 0 aliphatic carbocycles. The molecule has 5 nitrogen and oxygen atoms in total. The van der Waals surface area contributed by atoms with Crippen molar-refractivity contribution in [2.24, 2.45) is 0 Å². The van der Waals surface area contributed by atoms with Gasteiger partial charge in [-0.25, -0.2) is 4.98 Å². The summed E-state index contributed by atoms with van der Waals surface area (Å²) in [6.45, 7) is 13.9. The molecule has 0 N–H and O–H groups in total. The van der Waals surface area contributed by atoms with Crippen LogP contribution in [-0.2, 0) is 17.8 Å². The van der Waals surface area contributed by atoms with Crippen molar-refractivity contribution in [3.63, 3.8) is 0 Å². The maximum absolute atomic E-state index is 12.5. The number of rotatable bonds is 9. The van der Waals surface area contributed by atoms with Crippen molar-refractivity contribution >= 4 is 17.2 Å². The highest BCUT2D eigenvalue weighted by molar-refractivity contribution is 7.13. The molecule has 6 heteroatoms. The van der Waals surface area contributed by atoms with E-state index in [1.807, 2.05) is 5.38 Å². The van der Waals surface area contributed by atoms with Crippen LogP contribution in [0, 0.1) is 0 Å². The van der Waals surface area contributed by atoms with E-state index in [9.17, 15) is 4.79 Å². The molecule has 1 aromatic heterocycles. The number of nitrogens with zero attached hydrogens (tertiary/aromatic N) is 4. The molecule has 3 rings (SSSR count). The first kappa shape index (κ1) is 21.4. The van der Waals surface area contributed by atoms with E-state index in [0.29, 0.717) is 19.5 Å². The van der Waals surface area contributed by atoms with Gasteiger partial charge in [0.1, 0.15) is 5.01 Å². The summed E-state index contributed by atoms with van der Waals surface area (Å²) in [5.41, 5.74) is 3.25. The highest BCUT2D eigenvalue weighted by Gasteiger charge is 2.16. The minimum atomic E-state index is 0.0467. The van der Waals surface area contributed by atoms with Gasteiger partial charge >= 0.3 is 0 Å². The van der Waals surface area contributed by atoms with Crippen molar-refractivity contribution in [2.45, 2.75) is 13.0 Å². The van der Waals surface area contributed by atoms with Crippen molar-refractivity contribution in [3.8, 4) is 10.6 Å². The molecule has 1 saturated heterocycles. The van der Waals surface area contributed by atoms with Gasteiger partial charge in [-0.1, -0.05) is 30.4 Å². The highest BCUT2D eigenvalue weighted by Crippen LogP contribution is 2.25. The van der Waals surface area contributed by atoms with E-state index in [1.165, 1.54) is 5.56 Å². The summed E-state index contributed by atoms with van der Waals surface area (Å²) in [5, 5.41) is 2.95. The SMILES string of the molecule is C=CCN(CC=C)C(=O)Cc1csc(-c2cccc(CN3CCN(C)CC3)c2)n1. The third-order valence-electron chi connectivity index (χ3n) is 5.11. The lowest BCUT2D eigenvalue weighted by Crippen LogP contribution is -2.43. The summed E-state index contributed by atoms with van der Waals surface area (Å²) >= 11 is 1.60. The highest BCUT2D eigenvalue weighted by atomic mass is 32.1. The Bertz CT molecular complexity index is 829. The predicted molar refractivity (Wildman–Crippen MR) is 121 cm³/mol. The number of aromatic nitrogens is 1. The normalized spacial score (nSPS) is 15.2. The van der Waals surface area contributed by atoms with E-state index in [4.69, 9.17) is 4.98 Å². The molecule has 2 aromatic rings. The number of benzene rings is 1. The Kier molecular flexibility index (Phi) is 7.75. The van der Waals surface area contributed by atoms with Gasteiger partial charge in [-0.3, -0.25) is 9.69 Å². The Labute approximate surface area is 178 Å². The van der Waals surface area contributed by atoms with Gasteiger partial charge in [0, 0.05) is 56.8 Å². The molecular weight excluding hydrogens is 380 g/mol. The zero-order valence-electron chi connectivity index (χ0n) is 17.2. The number of carbonyl (C=O) groups is 1. The van der Waals surface area contributed by atoms with Gasteiger partial charge < -0.3 is 9.80 Å². The molecule has 2 heterocycles. The second-order valence-corrected chi connectivity index (χ2v) is 8.33. The molecule has 0 radical (unpaired) electrons. The van der Waals surface area contributed by atoms with Crippen LogP contribution in [-0.4, -0.2) is 71.9 Å². The van der Waals surface area contributed by atoms with Gasteiger partial charge in [0.2, 0.25) is 5.91 Å².